The van der Waals surface area contributed by atoms with Gasteiger partial charge in [0.25, 0.3) is 11.8 Å². The van der Waals surface area contributed by atoms with Crippen molar-refractivity contribution in [3.8, 4) is 5.75 Å². The van der Waals surface area contributed by atoms with Gasteiger partial charge in [-0.05, 0) is 68.3 Å². The lowest BCUT2D eigenvalue weighted by molar-refractivity contribution is 0.0755. The lowest BCUT2D eigenvalue weighted by Gasteiger charge is -2.21. The van der Waals surface area contributed by atoms with Gasteiger partial charge in [-0.1, -0.05) is 13.8 Å². The van der Waals surface area contributed by atoms with E-state index < -0.39 is 0 Å². The fraction of sp³-hybridized carbons (Fsp3) is 0.364. The molecule has 2 rings (SSSR count). The smallest absolute Gasteiger partial charge is 0.255 e. The Labute approximate surface area is 161 Å². The Morgan fingerprint density at radius 1 is 0.852 bits per heavy atom. The van der Waals surface area contributed by atoms with Gasteiger partial charge in [0.2, 0.25) is 0 Å². The topological polar surface area (TPSA) is 58.6 Å². The molecule has 0 unspecified atom stereocenters. The molecule has 144 valence electrons. The molecule has 0 saturated carbocycles. The van der Waals surface area contributed by atoms with Gasteiger partial charge >= 0.3 is 0 Å². The van der Waals surface area contributed by atoms with Crippen molar-refractivity contribution in [3.63, 3.8) is 0 Å². The van der Waals surface area contributed by atoms with E-state index in [0.717, 1.165) is 31.7 Å². The summed E-state index contributed by atoms with van der Waals surface area (Å²) in [5, 5.41) is 2.85. The minimum atomic E-state index is -0.211. The van der Waals surface area contributed by atoms with Crippen molar-refractivity contribution in [2.45, 2.75) is 33.6 Å². The molecule has 27 heavy (non-hydrogen) atoms. The summed E-state index contributed by atoms with van der Waals surface area (Å²) < 4.78 is 5.39. The van der Waals surface area contributed by atoms with Gasteiger partial charge < -0.3 is 15.0 Å². The molecule has 2 amide bonds. The highest BCUT2D eigenvalue weighted by atomic mass is 16.5. The highest BCUT2D eigenvalue weighted by Crippen LogP contribution is 2.17. The maximum absolute atomic E-state index is 12.6. The summed E-state index contributed by atoms with van der Waals surface area (Å²) in [6.45, 7) is 8.13. The summed E-state index contributed by atoms with van der Waals surface area (Å²) in [5.41, 5.74) is 1.81. The number of nitrogens with zero attached hydrogens (tertiary/aromatic N) is 1. The van der Waals surface area contributed by atoms with Crippen LogP contribution in [-0.4, -0.2) is 36.4 Å². The van der Waals surface area contributed by atoms with Crippen molar-refractivity contribution >= 4 is 17.5 Å². The number of amides is 2. The molecule has 0 atom stereocenters. The third-order valence-electron chi connectivity index (χ3n) is 4.09. The minimum Gasteiger partial charge on any atom is -0.494 e. The monoisotopic (exact) mass is 368 g/mol. The van der Waals surface area contributed by atoms with Gasteiger partial charge in [0.1, 0.15) is 5.75 Å². The SMILES string of the molecule is CCCN(CCC)C(=O)c1ccc(C(=O)Nc2ccc(OCC)cc2)cc1. The molecule has 1 N–H and O–H groups in total. The first-order valence-electron chi connectivity index (χ1n) is 9.52. The standard InChI is InChI=1S/C22H28N2O3/c1-4-15-24(16-5-2)22(26)18-9-7-17(8-10-18)21(25)23-19-11-13-20(14-12-19)27-6-3/h7-14H,4-6,15-16H2,1-3H3,(H,23,25). The fourth-order valence-electron chi connectivity index (χ4n) is 2.81. The largest absolute Gasteiger partial charge is 0.494 e. The lowest BCUT2D eigenvalue weighted by atomic mass is 10.1. The highest BCUT2D eigenvalue weighted by molar-refractivity contribution is 6.05. The first kappa shape index (κ1) is 20.5. The molecule has 0 spiro atoms. The number of hydrogen-bond donors (Lipinski definition) is 1. The first-order chi connectivity index (χ1) is 13.1. The molecule has 2 aromatic rings. The molecule has 0 heterocycles. The molecule has 0 bridgehead atoms. The summed E-state index contributed by atoms with van der Waals surface area (Å²) in [7, 11) is 0. The van der Waals surface area contributed by atoms with Crippen LogP contribution in [0.1, 0.15) is 54.3 Å². The number of nitrogens with one attached hydrogen (secondary N) is 1. The van der Waals surface area contributed by atoms with Gasteiger partial charge in [-0.3, -0.25) is 9.59 Å². The zero-order valence-corrected chi connectivity index (χ0v) is 16.3. The molecule has 0 aliphatic heterocycles. The summed E-state index contributed by atoms with van der Waals surface area (Å²) in [6.07, 6.45) is 1.85. The molecule has 5 nitrogen and oxygen atoms in total. The number of rotatable bonds is 9. The van der Waals surface area contributed by atoms with E-state index in [2.05, 4.69) is 19.2 Å². The van der Waals surface area contributed by atoms with E-state index in [1.165, 1.54) is 0 Å². The average molecular weight is 368 g/mol. The predicted molar refractivity (Wildman–Crippen MR) is 108 cm³/mol. The zero-order chi connectivity index (χ0) is 19.6. The first-order valence-corrected chi connectivity index (χ1v) is 9.52. The molecular formula is C22H28N2O3. The van der Waals surface area contributed by atoms with E-state index in [4.69, 9.17) is 4.74 Å². The number of ether oxygens (including phenoxy) is 1. The van der Waals surface area contributed by atoms with Crippen LogP contribution in [0.5, 0.6) is 5.75 Å². The van der Waals surface area contributed by atoms with Crippen LogP contribution in [-0.2, 0) is 0 Å². The molecule has 2 aromatic carbocycles. The van der Waals surface area contributed by atoms with Gasteiger partial charge in [0.15, 0.2) is 0 Å². The second-order valence-corrected chi connectivity index (χ2v) is 6.28. The normalized spacial score (nSPS) is 10.3. The van der Waals surface area contributed by atoms with Crippen LogP contribution in [0.15, 0.2) is 48.5 Å². The Morgan fingerprint density at radius 2 is 1.41 bits per heavy atom. The van der Waals surface area contributed by atoms with Crippen molar-refractivity contribution < 1.29 is 14.3 Å². The van der Waals surface area contributed by atoms with Crippen LogP contribution in [0.3, 0.4) is 0 Å². The summed E-state index contributed by atoms with van der Waals surface area (Å²) in [4.78, 5) is 26.9. The summed E-state index contributed by atoms with van der Waals surface area (Å²) in [5.74, 6) is 0.566. The van der Waals surface area contributed by atoms with Crippen molar-refractivity contribution in [2.24, 2.45) is 0 Å². The Kier molecular flexibility index (Phi) is 7.86. The second-order valence-electron chi connectivity index (χ2n) is 6.28. The lowest BCUT2D eigenvalue weighted by Crippen LogP contribution is -2.32. The van der Waals surface area contributed by atoms with E-state index in [-0.39, 0.29) is 11.8 Å². The van der Waals surface area contributed by atoms with Crippen molar-refractivity contribution in [2.75, 3.05) is 25.0 Å². The average Bonchev–Trinajstić information content (AvgIpc) is 2.69. The third-order valence-corrected chi connectivity index (χ3v) is 4.09. The third kappa shape index (κ3) is 5.84. The fourth-order valence-corrected chi connectivity index (χ4v) is 2.81. The second kappa shape index (κ2) is 10.4. The number of hydrogen-bond acceptors (Lipinski definition) is 3. The number of benzene rings is 2. The molecule has 0 saturated heterocycles. The van der Waals surface area contributed by atoms with Crippen LogP contribution in [0.4, 0.5) is 5.69 Å². The van der Waals surface area contributed by atoms with E-state index in [9.17, 15) is 9.59 Å². The van der Waals surface area contributed by atoms with E-state index in [1.54, 1.807) is 36.4 Å². The van der Waals surface area contributed by atoms with Crippen LogP contribution in [0.2, 0.25) is 0 Å². The maximum atomic E-state index is 12.6. The predicted octanol–water partition coefficient (Wildman–Crippen LogP) is 4.60. The summed E-state index contributed by atoms with van der Waals surface area (Å²) >= 11 is 0. The Bertz CT molecular complexity index is 733. The molecular weight excluding hydrogens is 340 g/mol. The number of anilines is 1. The zero-order valence-electron chi connectivity index (χ0n) is 16.3. The Balaban J connectivity index is 2.02. The van der Waals surface area contributed by atoms with Crippen molar-refractivity contribution in [1.82, 2.24) is 4.90 Å². The number of carbonyl (C=O) groups is 2. The molecule has 0 aromatic heterocycles. The Hall–Kier alpha value is -2.82. The van der Waals surface area contributed by atoms with Crippen LogP contribution < -0.4 is 10.1 Å². The minimum absolute atomic E-state index is 0.0113. The summed E-state index contributed by atoms with van der Waals surface area (Å²) in [6, 6.07) is 14.0. The quantitative estimate of drug-likeness (QED) is 0.704. The maximum Gasteiger partial charge on any atom is 0.255 e. The van der Waals surface area contributed by atoms with E-state index in [0.29, 0.717) is 23.4 Å². The van der Waals surface area contributed by atoms with Crippen LogP contribution in [0, 0.1) is 0 Å². The molecule has 0 aliphatic rings. The van der Waals surface area contributed by atoms with E-state index >= 15 is 0 Å². The van der Waals surface area contributed by atoms with Crippen molar-refractivity contribution in [3.05, 3.63) is 59.7 Å². The van der Waals surface area contributed by atoms with Crippen LogP contribution in [0.25, 0.3) is 0 Å². The molecule has 0 aliphatic carbocycles. The number of carbonyl (C=O) groups excluding carboxylic acids is 2. The Morgan fingerprint density at radius 3 is 1.93 bits per heavy atom. The van der Waals surface area contributed by atoms with Gasteiger partial charge in [-0.25, -0.2) is 0 Å². The van der Waals surface area contributed by atoms with Crippen molar-refractivity contribution in [1.29, 1.82) is 0 Å². The highest BCUT2D eigenvalue weighted by Gasteiger charge is 2.15. The molecule has 0 fully saturated rings. The molecule has 0 radical (unpaired) electrons. The van der Waals surface area contributed by atoms with Gasteiger partial charge in [-0.2, -0.15) is 0 Å². The van der Waals surface area contributed by atoms with E-state index in [1.807, 2.05) is 24.0 Å². The van der Waals surface area contributed by atoms with Gasteiger partial charge in [0, 0.05) is 29.9 Å². The van der Waals surface area contributed by atoms with Crippen LogP contribution >= 0.6 is 0 Å². The molecule has 5 heteroatoms. The van der Waals surface area contributed by atoms with Gasteiger partial charge in [-0.15, -0.1) is 0 Å². The van der Waals surface area contributed by atoms with Gasteiger partial charge in [0.05, 0.1) is 6.61 Å².